The van der Waals surface area contributed by atoms with Gasteiger partial charge >= 0.3 is 0 Å². The first-order valence-electron chi connectivity index (χ1n) is 7.56. The smallest absolute Gasteiger partial charge is 0.255 e. The second-order valence-electron chi connectivity index (χ2n) is 5.48. The highest BCUT2D eigenvalue weighted by Crippen LogP contribution is 2.25. The lowest BCUT2D eigenvalue weighted by atomic mass is 10.1. The molecule has 1 saturated heterocycles. The number of anilines is 1. The molecule has 0 unspecified atom stereocenters. The van der Waals surface area contributed by atoms with Crippen LogP contribution in [0.15, 0.2) is 24.4 Å². The van der Waals surface area contributed by atoms with Gasteiger partial charge in [-0.15, -0.1) is 11.3 Å². The van der Waals surface area contributed by atoms with E-state index in [1.54, 1.807) is 18.3 Å². The van der Waals surface area contributed by atoms with Crippen molar-refractivity contribution in [1.29, 1.82) is 0 Å². The molecule has 0 bridgehead atoms. The van der Waals surface area contributed by atoms with Crippen LogP contribution in [0.4, 0.5) is 5.69 Å². The van der Waals surface area contributed by atoms with E-state index in [4.69, 9.17) is 23.2 Å². The van der Waals surface area contributed by atoms with Gasteiger partial charge in [-0.05, 0) is 37.5 Å². The summed E-state index contributed by atoms with van der Waals surface area (Å²) < 4.78 is 0.530. The molecule has 0 aliphatic carbocycles. The minimum Gasteiger partial charge on any atom is -0.380 e. The molecule has 1 fully saturated rings. The van der Waals surface area contributed by atoms with Gasteiger partial charge in [0.1, 0.15) is 0 Å². The van der Waals surface area contributed by atoms with Crippen molar-refractivity contribution in [3.8, 4) is 0 Å². The van der Waals surface area contributed by atoms with Crippen molar-refractivity contribution < 1.29 is 4.79 Å². The van der Waals surface area contributed by atoms with Gasteiger partial charge in [-0.2, -0.15) is 0 Å². The van der Waals surface area contributed by atoms with Gasteiger partial charge in [-0.1, -0.05) is 23.2 Å². The molecule has 0 atom stereocenters. The van der Waals surface area contributed by atoms with Crippen molar-refractivity contribution in [3.63, 3.8) is 0 Å². The maximum atomic E-state index is 12.5. The summed E-state index contributed by atoms with van der Waals surface area (Å²) in [7, 11) is 0. The molecule has 1 aliphatic rings. The maximum absolute atomic E-state index is 12.5. The summed E-state index contributed by atoms with van der Waals surface area (Å²) in [6, 6.07) is 5.47. The molecule has 23 heavy (non-hydrogen) atoms. The molecule has 0 radical (unpaired) electrons. The summed E-state index contributed by atoms with van der Waals surface area (Å²) in [4.78, 5) is 19.4. The van der Waals surface area contributed by atoms with E-state index in [1.165, 1.54) is 17.8 Å². The Morgan fingerprint density at radius 1 is 1.26 bits per heavy atom. The molecule has 3 rings (SSSR count). The normalized spacial score (nSPS) is 14.8. The Hall–Kier alpha value is -1.30. The number of thiazole rings is 1. The predicted octanol–water partition coefficient (Wildman–Crippen LogP) is 4.69. The molecule has 2 heterocycles. The van der Waals surface area contributed by atoms with E-state index in [9.17, 15) is 4.79 Å². The third-order valence-electron chi connectivity index (χ3n) is 3.83. The highest BCUT2D eigenvalue weighted by molar-refractivity contribution is 7.15. The van der Waals surface area contributed by atoms with E-state index >= 15 is 0 Å². The number of carbonyl (C=O) groups excluding carboxylic acids is 1. The van der Waals surface area contributed by atoms with Gasteiger partial charge in [0.25, 0.3) is 5.91 Å². The van der Waals surface area contributed by atoms with E-state index in [-0.39, 0.29) is 5.91 Å². The van der Waals surface area contributed by atoms with Gasteiger partial charge in [0.15, 0.2) is 4.47 Å². The van der Waals surface area contributed by atoms with Crippen LogP contribution >= 0.6 is 34.5 Å². The average Bonchev–Trinajstić information content (AvgIpc) is 2.99. The first-order valence-corrected chi connectivity index (χ1v) is 9.13. The van der Waals surface area contributed by atoms with E-state index in [2.05, 4.69) is 10.3 Å². The average molecular weight is 370 g/mol. The molecule has 122 valence electrons. The van der Waals surface area contributed by atoms with Crippen molar-refractivity contribution in [2.75, 3.05) is 18.4 Å². The van der Waals surface area contributed by atoms with Crippen LogP contribution in [0, 0.1) is 0 Å². The third kappa shape index (κ3) is 4.16. The Kier molecular flexibility index (Phi) is 5.41. The summed E-state index contributed by atoms with van der Waals surface area (Å²) in [5.41, 5.74) is 1.44. The van der Waals surface area contributed by atoms with E-state index < -0.39 is 0 Å². The Labute approximate surface area is 149 Å². The van der Waals surface area contributed by atoms with Gasteiger partial charge in [0, 0.05) is 29.9 Å². The van der Waals surface area contributed by atoms with E-state index in [0.717, 1.165) is 36.5 Å². The number of hydrogen-bond acceptors (Lipinski definition) is 4. The van der Waals surface area contributed by atoms with Crippen LogP contribution < -0.4 is 5.32 Å². The minimum absolute atomic E-state index is 0.0236. The number of nitrogens with one attached hydrogen (secondary N) is 1. The Balaban J connectivity index is 1.66. The number of aromatic nitrogens is 1. The molecule has 1 aromatic carbocycles. The van der Waals surface area contributed by atoms with Gasteiger partial charge in [0.2, 0.25) is 0 Å². The Morgan fingerprint density at radius 3 is 2.70 bits per heavy atom. The number of halogens is 2. The molecule has 1 amide bonds. The van der Waals surface area contributed by atoms with Crippen LogP contribution in [-0.4, -0.2) is 28.9 Å². The lowest BCUT2D eigenvalue weighted by Crippen LogP contribution is -2.35. The number of carbonyl (C=O) groups is 1. The number of rotatable bonds is 4. The number of piperidine rings is 1. The lowest BCUT2D eigenvalue weighted by molar-refractivity contribution is 0.0724. The molecule has 0 saturated carbocycles. The standard InChI is InChI=1S/C16H17Cl2N3OS/c17-14-8-11(19-9-12-10-20-16(18)23-12)4-5-13(14)15(22)21-6-2-1-3-7-21/h4-5,8,10,19H,1-3,6-7,9H2. The van der Waals surface area contributed by atoms with Crippen LogP contribution in [0.5, 0.6) is 0 Å². The van der Waals surface area contributed by atoms with Crippen molar-refractivity contribution >= 4 is 46.1 Å². The zero-order valence-corrected chi connectivity index (χ0v) is 14.8. The Bertz CT molecular complexity index is 698. The van der Waals surface area contributed by atoms with Crippen molar-refractivity contribution in [1.82, 2.24) is 9.88 Å². The maximum Gasteiger partial charge on any atom is 0.255 e. The zero-order chi connectivity index (χ0) is 16.2. The zero-order valence-electron chi connectivity index (χ0n) is 12.5. The number of benzene rings is 1. The molecular formula is C16H17Cl2N3OS. The molecule has 1 aromatic heterocycles. The molecule has 1 aliphatic heterocycles. The van der Waals surface area contributed by atoms with Gasteiger partial charge < -0.3 is 10.2 Å². The summed E-state index contributed by atoms with van der Waals surface area (Å²) in [5, 5.41) is 3.74. The molecule has 0 spiro atoms. The fourth-order valence-corrected chi connectivity index (χ4v) is 3.80. The second-order valence-corrected chi connectivity index (χ2v) is 7.59. The highest BCUT2D eigenvalue weighted by Gasteiger charge is 2.20. The molecule has 2 aromatic rings. The fourth-order valence-electron chi connectivity index (χ4n) is 2.62. The van der Waals surface area contributed by atoms with Gasteiger partial charge in [0.05, 0.1) is 17.1 Å². The quantitative estimate of drug-likeness (QED) is 0.849. The van der Waals surface area contributed by atoms with Crippen LogP contribution in [0.25, 0.3) is 0 Å². The molecule has 1 N–H and O–H groups in total. The third-order valence-corrected chi connectivity index (χ3v) is 5.26. The summed E-state index contributed by atoms with van der Waals surface area (Å²) in [5.74, 6) is 0.0236. The van der Waals surface area contributed by atoms with Crippen molar-refractivity contribution in [3.05, 3.63) is 44.3 Å². The van der Waals surface area contributed by atoms with Crippen LogP contribution in [-0.2, 0) is 6.54 Å². The summed E-state index contributed by atoms with van der Waals surface area (Å²) in [6.07, 6.45) is 5.08. The monoisotopic (exact) mass is 369 g/mol. The number of amides is 1. The first-order chi connectivity index (χ1) is 11.1. The SMILES string of the molecule is O=C(c1ccc(NCc2cnc(Cl)s2)cc1Cl)N1CCCCC1. The minimum atomic E-state index is 0.0236. The topological polar surface area (TPSA) is 45.2 Å². The number of likely N-dealkylation sites (tertiary alicyclic amines) is 1. The van der Waals surface area contributed by atoms with Crippen molar-refractivity contribution in [2.45, 2.75) is 25.8 Å². The largest absolute Gasteiger partial charge is 0.380 e. The molecular weight excluding hydrogens is 353 g/mol. The molecule has 7 heteroatoms. The second kappa shape index (κ2) is 7.51. The lowest BCUT2D eigenvalue weighted by Gasteiger charge is -2.27. The van der Waals surface area contributed by atoms with E-state index in [1.807, 2.05) is 11.0 Å². The predicted molar refractivity (Wildman–Crippen MR) is 95.7 cm³/mol. The first kappa shape index (κ1) is 16.6. The molecule has 4 nitrogen and oxygen atoms in total. The van der Waals surface area contributed by atoms with Crippen LogP contribution in [0.2, 0.25) is 9.49 Å². The van der Waals surface area contributed by atoms with E-state index in [0.29, 0.717) is 21.6 Å². The Morgan fingerprint density at radius 2 is 2.04 bits per heavy atom. The summed E-state index contributed by atoms with van der Waals surface area (Å²) >= 11 is 13.6. The number of nitrogens with zero attached hydrogens (tertiary/aromatic N) is 2. The van der Waals surface area contributed by atoms with Crippen LogP contribution in [0.1, 0.15) is 34.5 Å². The summed E-state index contributed by atoms with van der Waals surface area (Å²) in [6.45, 7) is 2.27. The van der Waals surface area contributed by atoms with Gasteiger partial charge in [-0.25, -0.2) is 4.98 Å². The van der Waals surface area contributed by atoms with Gasteiger partial charge in [-0.3, -0.25) is 4.79 Å². The fraction of sp³-hybridized carbons (Fsp3) is 0.375. The highest BCUT2D eigenvalue weighted by atomic mass is 35.5. The van der Waals surface area contributed by atoms with Crippen molar-refractivity contribution in [2.24, 2.45) is 0 Å². The van der Waals surface area contributed by atoms with Crippen LogP contribution in [0.3, 0.4) is 0 Å². The number of hydrogen-bond donors (Lipinski definition) is 1.